The smallest absolute Gasteiger partial charge is 0.252 e. The maximum atomic E-state index is 12.4. The lowest BCUT2D eigenvalue weighted by molar-refractivity contribution is 0.0943. The molecule has 3 aromatic rings. The molecule has 0 aliphatic heterocycles. The standard InChI is InChI=1S/C24H30N6O/c1-16-12-18(15-25-13-16)23(31)26-14-17-8-10-19(11-9-17)27-24-28-21-7-5-4-6-20(21)22(29-24)30(2)3/h4-7,12-13,15,17,19H,8-11,14H2,1-3H3,(H,26,31)(H,27,28,29). The number of aromatic nitrogens is 3. The number of carbonyl (C=O) groups is 1. The van der Waals surface area contributed by atoms with Gasteiger partial charge in [0, 0.05) is 44.5 Å². The second-order valence-electron chi connectivity index (χ2n) is 8.61. The van der Waals surface area contributed by atoms with Crippen LogP contribution in [0.3, 0.4) is 0 Å². The Hall–Kier alpha value is -3.22. The summed E-state index contributed by atoms with van der Waals surface area (Å²) in [7, 11) is 4.01. The minimum atomic E-state index is -0.0442. The number of nitrogens with zero attached hydrogens (tertiary/aromatic N) is 4. The van der Waals surface area contributed by atoms with Gasteiger partial charge in [-0.1, -0.05) is 12.1 Å². The molecular formula is C24H30N6O. The third kappa shape index (κ3) is 5.10. The van der Waals surface area contributed by atoms with Gasteiger partial charge in [0.1, 0.15) is 5.82 Å². The molecule has 1 fully saturated rings. The second kappa shape index (κ2) is 9.29. The minimum Gasteiger partial charge on any atom is -0.362 e. The highest BCUT2D eigenvalue weighted by molar-refractivity contribution is 5.94. The summed E-state index contributed by atoms with van der Waals surface area (Å²) in [5.41, 5.74) is 2.57. The predicted molar refractivity (Wildman–Crippen MR) is 125 cm³/mol. The fraction of sp³-hybridized carbons (Fsp3) is 0.417. The summed E-state index contributed by atoms with van der Waals surface area (Å²) >= 11 is 0. The van der Waals surface area contributed by atoms with Crippen molar-refractivity contribution in [3.63, 3.8) is 0 Å². The van der Waals surface area contributed by atoms with E-state index in [1.165, 1.54) is 0 Å². The average molecular weight is 419 g/mol. The topological polar surface area (TPSA) is 83.0 Å². The van der Waals surface area contributed by atoms with Gasteiger partial charge in [-0.2, -0.15) is 4.98 Å². The van der Waals surface area contributed by atoms with Crippen LogP contribution in [-0.2, 0) is 0 Å². The SMILES string of the molecule is Cc1cncc(C(=O)NCC2CCC(Nc3nc(N(C)C)c4ccccc4n3)CC2)c1. The van der Waals surface area contributed by atoms with E-state index in [9.17, 15) is 4.79 Å². The molecule has 31 heavy (non-hydrogen) atoms. The molecule has 1 saturated carbocycles. The fourth-order valence-corrected chi connectivity index (χ4v) is 4.18. The molecule has 0 radical (unpaired) electrons. The maximum Gasteiger partial charge on any atom is 0.252 e. The Morgan fingerprint density at radius 1 is 1.10 bits per heavy atom. The Morgan fingerprint density at radius 3 is 2.61 bits per heavy atom. The van der Waals surface area contributed by atoms with Crippen LogP contribution in [0.5, 0.6) is 0 Å². The zero-order valence-electron chi connectivity index (χ0n) is 18.4. The van der Waals surface area contributed by atoms with Crippen molar-refractivity contribution in [1.29, 1.82) is 0 Å². The molecular weight excluding hydrogens is 388 g/mol. The van der Waals surface area contributed by atoms with E-state index < -0.39 is 0 Å². The van der Waals surface area contributed by atoms with Gasteiger partial charge in [-0.15, -0.1) is 0 Å². The number of hydrogen-bond acceptors (Lipinski definition) is 6. The molecule has 1 aliphatic rings. The first-order valence-corrected chi connectivity index (χ1v) is 10.9. The van der Waals surface area contributed by atoms with Crippen LogP contribution in [-0.4, -0.2) is 47.5 Å². The van der Waals surface area contributed by atoms with Crippen molar-refractivity contribution in [2.24, 2.45) is 5.92 Å². The summed E-state index contributed by atoms with van der Waals surface area (Å²) in [6.45, 7) is 2.65. The van der Waals surface area contributed by atoms with E-state index in [4.69, 9.17) is 9.97 Å². The van der Waals surface area contributed by atoms with E-state index in [1.54, 1.807) is 12.4 Å². The molecule has 0 saturated heterocycles. The third-order valence-electron chi connectivity index (χ3n) is 5.88. The van der Waals surface area contributed by atoms with Crippen molar-refractivity contribution in [1.82, 2.24) is 20.3 Å². The predicted octanol–water partition coefficient (Wildman–Crippen LogP) is 3.80. The number of hydrogen-bond donors (Lipinski definition) is 2. The minimum absolute atomic E-state index is 0.0442. The average Bonchev–Trinajstić information content (AvgIpc) is 2.77. The normalized spacial score (nSPS) is 18.5. The van der Waals surface area contributed by atoms with Gasteiger partial charge in [0.05, 0.1) is 11.1 Å². The van der Waals surface area contributed by atoms with Crippen molar-refractivity contribution < 1.29 is 4.79 Å². The maximum absolute atomic E-state index is 12.4. The number of benzene rings is 1. The first-order valence-electron chi connectivity index (χ1n) is 10.9. The number of carbonyl (C=O) groups excluding carboxylic acids is 1. The molecule has 2 aromatic heterocycles. The van der Waals surface area contributed by atoms with Crippen LogP contribution >= 0.6 is 0 Å². The van der Waals surface area contributed by atoms with E-state index in [0.717, 1.165) is 48.0 Å². The quantitative estimate of drug-likeness (QED) is 0.634. The van der Waals surface area contributed by atoms with Gasteiger partial charge in [0.25, 0.3) is 5.91 Å². The Bertz CT molecular complexity index is 1060. The van der Waals surface area contributed by atoms with Crippen LogP contribution in [0.25, 0.3) is 10.9 Å². The molecule has 1 aliphatic carbocycles. The van der Waals surface area contributed by atoms with Gasteiger partial charge in [0.15, 0.2) is 0 Å². The van der Waals surface area contributed by atoms with Crippen LogP contribution < -0.4 is 15.5 Å². The van der Waals surface area contributed by atoms with Gasteiger partial charge >= 0.3 is 0 Å². The molecule has 2 N–H and O–H groups in total. The van der Waals surface area contributed by atoms with Crippen molar-refractivity contribution in [2.75, 3.05) is 30.9 Å². The number of nitrogens with one attached hydrogen (secondary N) is 2. The number of anilines is 2. The zero-order chi connectivity index (χ0) is 21.8. The summed E-state index contributed by atoms with van der Waals surface area (Å²) in [4.78, 5) is 28.0. The van der Waals surface area contributed by atoms with E-state index in [2.05, 4.69) is 21.7 Å². The molecule has 7 nitrogen and oxygen atoms in total. The first kappa shape index (κ1) is 21.0. The highest BCUT2D eigenvalue weighted by atomic mass is 16.1. The van der Waals surface area contributed by atoms with Crippen molar-refractivity contribution in [3.05, 3.63) is 53.9 Å². The summed E-state index contributed by atoms with van der Waals surface area (Å²) in [5.74, 6) is 2.06. The molecule has 0 bridgehead atoms. The Kier molecular flexibility index (Phi) is 6.30. The summed E-state index contributed by atoms with van der Waals surface area (Å²) in [6.07, 6.45) is 7.59. The van der Waals surface area contributed by atoms with Crippen LogP contribution in [0, 0.1) is 12.8 Å². The lowest BCUT2D eigenvalue weighted by atomic mass is 9.86. The summed E-state index contributed by atoms with van der Waals surface area (Å²) < 4.78 is 0. The van der Waals surface area contributed by atoms with E-state index in [1.807, 2.05) is 50.2 Å². The summed E-state index contributed by atoms with van der Waals surface area (Å²) in [5, 5.41) is 7.67. The molecule has 2 heterocycles. The Balaban J connectivity index is 1.32. The number of aryl methyl sites for hydroxylation is 1. The number of fused-ring (bicyclic) bond motifs is 1. The van der Waals surface area contributed by atoms with Gasteiger partial charge in [-0.3, -0.25) is 9.78 Å². The highest BCUT2D eigenvalue weighted by Gasteiger charge is 2.23. The molecule has 4 rings (SSSR count). The third-order valence-corrected chi connectivity index (χ3v) is 5.88. The van der Waals surface area contributed by atoms with Crippen molar-refractivity contribution in [2.45, 2.75) is 38.6 Å². The zero-order valence-corrected chi connectivity index (χ0v) is 18.4. The second-order valence-corrected chi connectivity index (χ2v) is 8.61. The van der Waals surface area contributed by atoms with E-state index >= 15 is 0 Å². The van der Waals surface area contributed by atoms with Crippen LogP contribution in [0.15, 0.2) is 42.7 Å². The number of amides is 1. The van der Waals surface area contributed by atoms with Crippen molar-refractivity contribution in [3.8, 4) is 0 Å². The van der Waals surface area contributed by atoms with Crippen molar-refractivity contribution >= 4 is 28.6 Å². The first-order chi connectivity index (χ1) is 15.0. The molecule has 1 amide bonds. The Labute approximate surface area is 183 Å². The molecule has 1 aromatic carbocycles. The monoisotopic (exact) mass is 418 g/mol. The molecule has 0 spiro atoms. The van der Waals surface area contributed by atoms with Gasteiger partial charge in [-0.25, -0.2) is 4.98 Å². The Morgan fingerprint density at radius 2 is 1.87 bits per heavy atom. The number of pyridine rings is 1. The lowest BCUT2D eigenvalue weighted by Crippen LogP contribution is -2.34. The van der Waals surface area contributed by atoms with Gasteiger partial charge in [-0.05, 0) is 62.3 Å². The molecule has 162 valence electrons. The lowest BCUT2D eigenvalue weighted by Gasteiger charge is -2.29. The highest BCUT2D eigenvalue weighted by Crippen LogP contribution is 2.28. The molecule has 0 atom stereocenters. The molecule has 0 unspecified atom stereocenters. The van der Waals surface area contributed by atoms with Crippen LogP contribution in [0.2, 0.25) is 0 Å². The van der Waals surface area contributed by atoms with Crippen LogP contribution in [0.4, 0.5) is 11.8 Å². The van der Waals surface area contributed by atoms with E-state index in [0.29, 0.717) is 30.0 Å². The molecule has 7 heteroatoms. The fourth-order valence-electron chi connectivity index (χ4n) is 4.18. The van der Waals surface area contributed by atoms with Gasteiger partial charge < -0.3 is 15.5 Å². The largest absolute Gasteiger partial charge is 0.362 e. The van der Waals surface area contributed by atoms with Crippen LogP contribution in [0.1, 0.15) is 41.6 Å². The summed E-state index contributed by atoms with van der Waals surface area (Å²) in [6, 6.07) is 10.3. The van der Waals surface area contributed by atoms with Gasteiger partial charge in [0.2, 0.25) is 5.95 Å². The van der Waals surface area contributed by atoms with E-state index in [-0.39, 0.29) is 5.91 Å². The number of rotatable bonds is 6. The number of para-hydroxylation sites is 1.